The van der Waals surface area contributed by atoms with Gasteiger partial charge >= 0.3 is 0 Å². The Balaban J connectivity index is 1.44. The van der Waals surface area contributed by atoms with Crippen LogP contribution in [0.3, 0.4) is 0 Å². The van der Waals surface area contributed by atoms with Gasteiger partial charge in [-0.2, -0.15) is 5.10 Å². The second kappa shape index (κ2) is 11.4. The maximum absolute atomic E-state index is 14.0. The van der Waals surface area contributed by atoms with Gasteiger partial charge in [0.25, 0.3) is 5.91 Å². The molecule has 2 N–H and O–H groups in total. The molecule has 11 heteroatoms. The second-order valence-corrected chi connectivity index (χ2v) is 10.9. The zero-order valence-electron chi connectivity index (χ0n) is 22.5. The first kappa shape index (κ1) is 27.2. The van der Waals surface area contributed by atoms with Crippen molar-refractivity contribution in [2.24, 2.45) is 11.8 Å². The molecule has 210 valence electrons. The molecule has 3 heterocycles. The van der Waals surface area contributed by atoms with E-state index in [4.69, 9.17) is 9.51 Å². The van der Waals surface area contributed by atoms with E-state index in [2.05, 4.69) is 20.9 Å². The fourth-order valence-electron chi connectivity index (χ4n) is 5.70. The van der Waals surface area contributed by atoms with Crippen molar-refractivity contribution in [2.45, 2.75) is 96.1 Å². The highest BCUT2D eigenvalue weighted by Crippen LogP contribution is 2.42. The molecule has 3 aromatic rings. The van der Waals surface area contributed by atoms with E-state index in [-0.39, 0.29) is 49.5 Å². The van der Waals surface area contributed by atoms with Crippen LogP contribution in [0.15, 0.2) is 29.2 Å². The number of fused-ring (bicyclic) bond motifs is 1. The number of hydrogen-bond acceptors (Lipinski definition) is 6. The van der Waals surface area contributed by atoms with Gasteiger partial charge in [-0.25, -0.2) is 18.3 Å². The highest BCUT2D eigenvalue weighted by molar-refractivity contribution is 5.95. The van der Waals surface area contributed by atoms with Crippen molar-refractivity contribution in [2.75, 3.05) is 0 Å². The van der Waals surface area contributed by atoms with E-state index in [9.17, 15) is 18.4 Å². The van der Waals surface area contributed by atoms with Gasteiger partial charge < -0.3 is 15.2 Å². The fourth-order valence-corrected chi connectivity index (χ4v) is 5.70. The van der Waals surface area contributed by atoms with Crippen LogP contribution in [0.4, 0.5) is 8.78 Å². The predicted octanol–water partition coefficient (Wildman–Crippen LogP) is 5.33. The van der Waals surface area contributed by atoms with Gasteiger partial charge in [0.05, 0.1) is 35.9 Å². The summed E-state index contributed by atoms with van der Waals surface area (Å²) in [5.41, 5.74) is 2.90. The number of nitrogens with zero attached hydrogens (tertiary/aromatic N) is 4. The highest BCUT2D eigenvalue weighted by atomic mass is 19.3. The lowest BCUT2D eigenvalue weighted by Gasteiger charge is -2.34. The van der Waals surface area contributed by atoms with E-state index in [0.717, 1.165) is 31.2 Å². The van der Waals surface area contributed by atoms with Crippen molar-refractivity contribution >= 4 is 17.5 Å². The van der Waals surface area contributed by atoms with Crippen LogP contribution in [0.5, 0.6) is 0 Å². The smallest absolute Gasteiger partial charge is 0.257 e. The van der Waals surface area contributed by atoms with Gasteiger partial charge in [0, 0.05) is 19.3 Å². The Morgan fingerprint density at radius 2 is 1.87 bits per heavy atom. The maximum atomic E-state index is 14.0. The molecule has 9 nitrogen and oxygen atoms in total. The minimum atomic E-state index is -2.69. The number of rotatable bonds is 10. The summed E-state index contributed by atoms with van der Waals surface area (Å²) in [6.45, 7) is 3.86. The number of alkyl halides is 2. The topological polar surface area (TPSA) is 114 Å². The zero-order valence-corrected chi connectivity index (χ0v) is 22.5. The quantitative estimate of drug-likeness (QED) is 0.358. The third-order valence-electron chi connectivity index (χ3n) is 8.20. The largest absolute Gasteiger partial charge is 0.364 e. The summed E-state index contributed by atoms with van der Waals surface area (Å²) in [6, 6.07) is 1.21. The molecule has 5 rings (SSSR count). The standard InChI is InChI=1S/C28H36F2N6O3/c1-3-6-24(37)33-25(17-7-5-8-17)19-13-23-32-22(15-36(23)31-14-19)26(18-9-11-28(29,30)12-10-18)34-27(38)20-16-39-35-21(20)4-2/h13-18,25-26H,3-12H2,1-2H3,(H,33,37)(H,34,38)/t25-,26+/m1/s1. The van der Waals surface area contributed by atoms with Gasteiger partial charge in [-0.1, -0.05) is 25.4 Å². The Labute approximate surface area is 226 Å². The van der Waals surface area contributed by atoms with Crippen molar-refractivity contribution < 1.29 is 22.9 Å². The van der Waals surface area contributed by atoms with Crippen molar-refractivity contribution in [3.05, 3.63) is 47.2 Å². The van der Waals surface area contributed by atoms with Crippen LogP contribution >= 0.6 is 0 Å². The molecule has 2 atom stereocenters. The number of amides is 2. The maximum Gasteiger partial charge on any atom is 0.257 e. The molecule has 0 radical (unpaired) electrons. The van der Waals surface area contributed by atoms with Crippen LogP contribution in [-0.2, 0) is 11.2 Å². The normalized spacial score (nSPS) is 19.4. The second-order valence-electron chi connectivity index (χ2n) is 10.9. The molecule has 2 aliphatic rings. The van der Waals surface area contributed by atoms with Gasteiger partial charge in [0.1, 0.15) is 11.8 Å². The van der Waals surface area contributed by atoms with Crippen molar-refractivity contribution in [1.29, 1.82) is 0 Å². The lowest BCUT2D eigenvalue weighted by molar-refractivity contribution is -0.122. The van der Waals surface area contributed by atoms with Crippen LogP contribution in [0.1, 0.15) is 111 Å². The Bertz CT molecular complexity index is 1310. The van der Waals surface area contributed by atoms with Crippen LogP contribution in [0, 0.1) is 11.8 Å². The minimum Gasteiger partial charge on any atom is -0.364 e. The number of nitrogens with one attached hydrogen (secondary N) is 2. The minimum absolute atomic E-state index is 0.0235. The summed E-state index contributed by atoms with van der Waals surface area (Å²) in [6.07, 6.45) is 9.90. The molecule has 0 bridgehead atoms. The molecule has 0 spiro atoms. The molecule has 3 aromatic heterocycles. The number of halogens is 2. The summed E-state index contributed by atoms with van der Waals surface area (Å²) in [4.78, 5) is 30.5. The molecule has 0 unspecified atom stereocenters. The van der Waals surface area contributed by atoms with Crippen LogP contribution in [0.25, 0.3) is 5.65 Å². The van der Waals surface area contributed by atoms with E-state index in [1.165, 1.54) is 6.26 Å². The van der Waals surface area contributed by atoms with E-state index >= 15 is 0 Å². The predicted molar refractivity (Wildman–Crippen MR) is 139 cm³/mol. The fraction of sp³-hybridized carbons (Fsp3) is 0.607. The summed E-state index contributed by atoms with van der Waals surface area (Å²) in [7, 11) is 0. The first-order chi connectivity index (χ1) is 18.8. The summed E-state index contributed by atoms with van der Waals surface area (Å²) < 4.78 is 34.6. The monoisotopic (exact) mass is 542 g/mol. The summed E-state index contributed by atoms with van der Waals surface area (Å²) >= 11 is 0. The van der Waals surface area contributed by atoms with Gasteiger partial charge in [0.2, 0.25) is 11.8 Å². The average Bonchev–Trinajstić information content (AvgIpc) is 3.52. The van der Waals surface area contributed by atoms with Gasteiger partial charge in [-0.15, -0.1) is 0 Å². The van der Waals surface area contributed by atoms with Gasteiger partial charge in [-0.3, -0.25) is 9.59 Å². The lowest BCUT2D eigenvalue weighted by atomic mass is 9.77. The molecule has 2 amide bonds. The third kappa shape index (κ3) is 5.96. The molecule has 2 aliphatic carbocycles. The lowest BCUT2D eigenvalue weighted by Crippen LogP contribution is -2.37. The Morgan fingerprint density at radius 1 is 1.13 bits per heavy atom. The molecule has 2 saturated carbocycles. The number of imidazole rings is 1. The van der Waals surface area contributed by atoms with Gasteiger partial charge in [-0.05, 0) is 62.0 Å². The van der Waals surface area contributed by atoms with E-state index in [1.807, 2.05) is 19.9 Å². The average molecular weight is 543 g/mol. The van der Waals surface area contributed by atoms with Crippen molar-refractivity contribution in [3.63, 3.8) is 0 Å². The van der Waals surface area contributed by atoms with E-state index in [0.29, 0.717) is 41.4 Å². The number of carbonyl (C=O) groups is 2. The molecule has 0 saturated heterocycles. The van der Waals surface area contributed by atoms with E-state index < -0.39 is 12.0 Å². The highest BCUT2D eigenvalue weighted by Gasteiger charge is 2.40. The van der Waals surface area contributed by atoms with Crippen LogP contribution in [-0.4, -0.2) is 37.5 Å². The first-order valence-corrected chi connectivity index (χ1v) is 14.0. The molecule has 39 heavy (non-hydrogen) atoms. The SMILES string of the molecule is CCCC(=O)N[C@@H](c1cnn2cc([C@@H](NC(=O)c3conc3CC)C3CCC(F)(F)CC3)nc2c1)C1CCC1. The summed E-state index contributed by atoms with van der Waals surface area (Å²) in [5.74, 6) is -2.89. The Kier molecular flexibility index (Phi) is 7.95. The number of carbonyl (C=O) groups excluding carboxylic acids is 2. The van der Waals surface area contributed by atoms with Crippen LogP contribution < -0.4 is 10.6 Å². The number of aryl methyl sites for hydroxylation is 1. The molecule has 0 aliphatic heterocycles. The van der Waals surface area contributed by atoms with Crippen molar-refractivity contribution in [3.8, 4) is 0 Å². The first-order valence-electron chi connectivity index (χ1n) is 14.0. The Morgan fingerprint density at radius 3 is 2.54 bits per heavy atom. The summed E-state index contributed by atoms with van der Waals surface area (Å²) in [5, 5.41) is 14.7. The molecular formula is C28H36F2N6O3. The number of aromatic nitrogens is 4. The Hall–Kier alpha value is -3.37. The molecular weight excluding hydrogens is 506 g/mol. The van der Waals surface area contributed by atoms with E-state index in [1.54, 1.807) is 16.9 Å². The zero-order chi connectivity index (χ0) is 27.6. The molecule has 0 aromatic carbocycles. The van der Waals surface area contributed by atoms with Crippen LogP contribution in [0.2, 0.25) is 0 Å². The number of hydrogen-bond donors (Lipinski definition) is 2. The van der Waals surface area contributed by atoms with Gasteiger partial charge in [0.15, 0.2) is 5.65 Å². The third-order valence-corrected chi connectivity index (χ3v) is 8.20. The van der Waals surface area contributed by atoms with Crippen molar-refractivity contribution in [1.82, 2.24) is 30.4 Å². The molecule has 2 fully saturated rings.